The van der Waals surface area contributed by atoms with E-state index in [2.05, 4.69) is 24.3 Å². The third-order valence-electron chi connectivity index (χ3n) is 6.28. The van der Waals surface area contributed by atoms with Crippen molar-refractivity contribution >= 4 is 0 Å². The molecule has 4 bridgehead atoms. The second kappa shape index (κ2) is 2.55. The quantitative estimate of drug-likeness (QED) is 0.569. The molecule has 0 heteroatoms. The first-order valence-corrected chi connectivity index (χ1v) is 7.02. The minimum absolute atomic E-state index is 0.960. The van der Waals surface area contributed by atoms with Gasteiger partial charge in [-0.3, -0.25) is 0 Å². The second-order valence-electron chi connectivity index (χ2n) is 6.57. The standard InChI is InChI=1S/C16H18/c1-2-4-12-11(3-1)13-8-14(12)16-10-6-5-9(7-10)15(13)16/h1-4,9-10,13-16H,5-8H2/t9-,10-,13+,14+,15-,16-/m0/s1. The van der Waals surface area contributed by atoms with E-state index in [-0.39, 0.29) is 0 Å². The zero-order chi connectivity index (χ0) is 10.3. The summed E-state index contributed by atoms with van der Waals surface area (Å²) in [6.07, 6.45) is 6.19. The van der Waals surface area contributed by atoms with E-state index in [1.165, 1.54) is 6.42 Å². The highest BCUT2D eigenvalue weighted by molar-refractivity contribution is 5.44. The molecule has 0 heterocycles. The Hall–Kier alpha value is -0.780. The van der Waals surface area contributed by atoms with Crippen LogP contribution in [0.15, 0.2) is 24.3 Å². The van der Waals surface area contributed by atoms with Crippen LogP contribution in [0.3, 0.4) is 0 Å². The van der Waals surface area contributed by atoms with Crippen molar-refractivity contribution in [1.29, 1.82) is 0 Å². The van der Waals surface area contributed by atoms with Crippen LogP contribution < -0.4 is 0 Å². The molecule has 3 fully saturated rings. The number of hydrogen-bond acceptors (Lipinski definition) is 0. The van der Waals surface area contributed by atoms with Crippen LogP contribution in [0.1, 0.15) is 48.6 Å². The van der Waals surface area contributed by atoms with E-state index < -0.39 is 0 Å². The normalized spacial score (nSPS) is 50.8. The van der Waals surface area contributed by atoms with Crippen LogP contribution in [0.5, 0.6) is 0 Å². The maximum absolute atomic E-state index is 2.42. The topological polar surface area (TPSA) is 0 Å². The van der Waals surface area contributed by atoms with Crippen LogP contribution in [0.4, 0.5) is 0 Å². The molecule has 4 aliphatic rings. The Bertz CT molecular complexity index is 420. The summed E-state index contributed by atoms with van der Waals surface area (Å²) >= 11 is 0. The summed E-state index contributed by atoms with van der Waals surface area (Å²) < 4.78 is 0. The van der Waals surface area contributed by atoms with E-state index in [1.807, 2.05) is 0 Å². The van der Waals surface area contributed by atoms with Crippen LogP contribution >= 0.6 is 0 Å². The van der Waals surface area contributed by atoms with Gasteiger partial charge in [-0.15, -0.1) is 0 Å². The third-order valence-corrected chi connectivity index (χ3v) is 6.28. The van der Waals surface area contributed by atoms with Gasteiger partial charge in [-0.25, -0.2) is 0 Å². The smallest absolute Gasteiger partial charge is 0.0119 e. The highest BCUT2D eigenvalue weighted by Gasteiger charge is 2.61. The van der Waals surface area contributed by atoms with E-state index in [1.54, 1.807) is 30.4 Å². The van der Waals surface area contributed by atoms with Crippen molar-refractivity contribution in [2.45, 2.75) is 37.5 Å². The van der Waals surface area contributed by atoms with Crippen molar-refractivity contribution in [2.24, 2.45) is 23.7 Å². The van der Waals surface area contributed by atoms with Crippen LogP contribution in [-0.4, -0.2) is 0 Å². The van der Waals surface area contributed by atoms with E-state index in [0.29, 0.717) is 0 Å². The van der Waals surface area contributed by atoms with Crippen molar-refractivity contribution in [3.05, 3.63) is 35.4 Å². The highest BCUT2D eigenvalue weighted by atomic mass is 14.6. The zero-order valence-electron chi connectivity index (χ0n) is 9.60. The largest absolute Gasteiger partial charge is 0.0620 e. The van der Waals surface area contributed by atoms with Gasteiger partial charge >= 0.3 is 0 Å². The molecule has 82 valence electrons. The molecule has 0 radical (unpaired) electrons. The molecule has 0 N–H and O–H groups in total. The third kappa shape index (κ3) is 0.752. The maximum atomic E-state index is 2.42. The summed E-state index contributed by atoms with van der Waals surface area (Å²) in [6.45, 7) is 0. The minimum Gasteiger partial charge on any atom is -0.0620 e. The molecule has 1 aromatic carbocycles. The molecule has 0 aliphatic heterocycles. The van der Waals surface area contributed by atoms with Gasteiger partial charge in [0.2, 0.25) is 0 Å². The number of rotatable bonds is 0. The summed E-state index contributed by atoms with van der Waals surface area (Å²) in [5.41, 5.74) is 3.47. The molecule has 6 atom stereocenters. The lowest BCUT2D eigenvalue weighted by Gasteiger charge is -2.35. The van der Waals surface area contributed by atoms with E-state index in [0.717, 1.165) is 35.5 Å². The van der Waals surface area contributed by atoms with Crippen LogP contribution in [0.25, 0.3) is 0 Å². The fourth-order valence-corrected chi connectivity index (χ4v) is 6.02. The molecule has 4 aliphatic carbocycles. The van der Waals surface area contributed by atoms with E-state index in [9.17, 15) is 0 Å². The molecular weight excluding hydrogens is 192 g/mol. The zero-order valence-corrected chi connectivity index (χ0v) is 9.60. The lowest BCUT2D eigenvalue weighted by Crippen LogP contribution is -2.27. The molecule has 16 heavy (non-hydrogen) atoms. The average molecular weight is 210 g/mol. The number of fused-ring (bicyclic) bond motifs is 12. The van der Waals surface area contributed by atoms with Crippen molar-refractivity contribution < 1.29 is 0 Å². The molecule has 0 unspecified atom stereocenters. The van der Waals surface area contributed by atoms with Gasteiger partial charge < -0.3 is 0 Å². The predicted octanol–water partition coefficient (Wildman–Crippen LogP) is 3.93. The lowest BCUT2D eigenvalue weighted by atomic mass is 9.69. The van der Waals surface area contributed by atoms with Crippen molar-refractivity contribution in [1.82, 2.24) is 0 Å². The Labute approximate surface area is 97.1 Å². The van der Waals surface area contributed by atoms with Gasteiger partial charge in [0.05, 0.1) is 0 Å². The molecule has 0 nitrogen and oxygen atoms in total. The molecule has 0 spiro atoms. The molecule has 0 amide bonds. The first-order valence-electron chi connectivity index (χ1n) is 7.02. The summed E-state index contributed by atoms with van der Waals surface area (Å²) in [4.78, 5) is 0. The van der Waals surface area contributed by atoms with Gasteiger partial charge in [0.1, 0.15) is 0 Å². The molecule has 1 aromatic rings. The molecule has 3 saturated carbocycles. The maximum Gasteiger partial charge on any atom is -0.0119 e. The first kappa shape index (κ1) is 8.33. The fourth-order valence-electron chi connectivity index (χ4n) is 6.02. The summed E-state index contributed by atoms with van der Waals surface area (Å²) in [6, 6.07) is 9.34. The summed E-state index contributed by atoms with van der Waals surface area (Å²) in [7, 11) is 0. The van der Waals surface area contributed by atoms with Gasteiger partial charge in [-0.05, 0) is 72.3 Å². The Morgan fingerprint density at radius 3 is 1.88 bits per heavy atom. The SMILES string of the molecule is c1ccc2c(c1)[C@H]1C[C@H]2[C@@H]2[C@H]3CC[C@@H](C3)[C@H]21. The molecule has 0 saturated heterocycles. The monoisotopic (exact) mass is 210 g/mol. The van der Waals surface area contributed by atoms with Gasteiger partial charge in [0, 0.05) is 0 Å². The van der Waals surface area contributed by atoms with Crippen LogP contribution in [-0.2, 0) is 0 Å². The Morgan fingerprint density at radius 1 is 0.750 bits per heavy atom. The summed E-state index contributed by atoms with van der Waals surface area (Å²) in [5.74, 6) is 6.33. The molecule has 0 aromatic heterocycles. The first-order chi connectivity index (χ1) is 7.93. The number of hydrogen-bond donors (Lipinski definition) is 0. The van der Waals surface area contributed by atoms with Gasteiger partial charge in [-0.1, -0.05) is 24.3 Å². The predicted molar refractivity (Wildman–Crippen MR) is 64.4 cm³/mol. The van der Waals surface area contributed by atoms with Gasteiger partial charge in [0.25, 0.3) is 0 Å². The molecular formula is C16H18. The van der Waals surface area contributed by atoms with Gasteiger partial charge in [-0.2, -0.15) is 0 Å². The average Bonchev–Trinajstić information content (AvgIpc) is 3.07. The minimum atomic E-state index is 0.960. The van der Waals surface area contributed by atoms with E-state index in [4.69, 9.17) is 0 Å². The van der Waals surface area contributed by atoms with Crippen molar-refractivity contribution in [2.75, 3.05) is 0 Å². The Morgan fingerprint density at radius 2 is 1.31 bits per heavy atom. The lowest BCUT2D eigenvalue weighted by molar-refractivity contribution is 0.218. The fraction of sp³-hybridized carbons (Fsp3) is 0.625. The van der Waals surface area contributed by atoms with Crippen molar-refractivity contribution in [3.63, 3.8) is 0 Å². The number of benzene rings is 1. The van der Waals surface area contributed by atoms with Gasteiger partial charge in [0.15, 0.2) is 0 Å². The highest BCUT2D eigenvalue weighted by Crippen LogP contribution is 2.71. The Balaban J connectivity index is 1.71. The second-order valence-corrected chi connectivity index (χ2v) is 6.57. The van der Waals surface area contributed by atoms with Crippen molar-refractivity contribution in [3.8, 4) is 0 Å². The summed E-state index contributed by atoms with van der Waals surface area (Å²) in [5, 5.41) is 0. The molecule has 5 rings (SSSR count). The van der Waals surface area contributed by atoms with Crippen LogP contribution in [0, 0.1) is 23.7 Å². The van der Waals surface area contributed by atoms with E-state index >= 15 is 0 Å². The Kier molecular flexibility index (Phi) is 1.33. The van der Waals surface area contributed by atoms with Crippen LogP contribution in [0.2, 0.25) is 0 Å².